The molecule has 0 saturated carbocycles. The summed E-state index contributed by atoms with van der Waals surface area (Å²) >= 11 is 0. The third-order valence-electron chi connectivity index (χ3n) is 4.27. The zero-order valence-electron chi connectivity index (χ0n) is 16.1. The van der Waals surface area contributed by atoms with Gasteiger partial charge >= 0.3 is 30.1 Å². The lowest BCUT2D eigenvalue weighted by molar-refractivity contribution is -0.175. The Bertz CT molecular complexity index is 964. The quantitative estimate of drug-likeness (QED) is 0.394. The number of benzene rings is 1. The first-order chi connectivity index (χ1) is 14.4. The average molecular weight is 452 g/mol. The van der Waals surface area contributed by atoms with E-state index < -0.39 is 42.6 Å². The molecule has 0 aliphatic heterocycles. The Morgan fingerprint density at radius 1 is 1.06 bits per heavy atom. The van der Waals surface area contributed by atoms with Crippen molar-refractivity contribution in [3.8, 4) is 0 Å². The highest BCUT2D eigenvalue weighted by atomic mass is 19.4. The van der Waals surface area contributed by atoms with Gasteiger partial charge in [0.2, 0.25) is 0 Å². The van der Waals surface area contributed by atoms with Gasteiger partial charge in [-0.2, -0.15) is 26.3 Å². The number of amides is 1. The third-order valence-corrected chi connectivity index (χ3v) is 4.27. The minimum Gasteiger partial charge on any atom is -0.464 e. The predicted octanol–water partition coefficient (Wildman–Crippen LogP) is 3.78. The molecule has 2 rings (SSSR count). The van der Waals surface area contributed by atoms with Crippen molar-refractivity contribution in [3.63, 3.8) is 0 Å². The highest BCUT2D eigenvalue weighted by Gasteiger charge is 2.42. The number of carbonyl (C=O) groups is 3. The molecule has 0 saturated heterocycles. The number of hydrogen-bond donors (Lipinski definition) is 1. The zero-order chi connectivity index (χ0) is 23.4. The molecule has 0 unspecified atom stereocenters. The number of nitrogens with one attached hydrogen (secondary N) is 1. The van der Waals surface area contributed by atoms with E-state index in [2.05, 4.69) is 0 Å². The van der Waals surface area contributed by atoms with Crippen molar-refractivity contribution >= 4 is 28.7 Å². The summed E-state index contributed by atoms with van der Waals surface area (Å²) in [6, 6.07) is 3.54. The number of ether oxygens (including phenoxy) is 1. The molecular weight excluding hydrogens is 434 g/mol. The summed E-state index contributed by atoms with van der Waals surface area (Å²) in [5, 5.41) is 1.62. The van der Waals surface area contributed by atoms with Gasteiger partial charge in [-0.1, -0.05) is 31.5 Å². The SMILES string of the molecule is CCCCOC(=O)[C@H](Cc1cn(C(=O)C(F)(F)F)c2ccccc12)NC(=O)C(F)(F)F. The number of nitrogens with zero attached hydrogens (tertiary/aromatic N) is 1. The molecule has 170 valence electrons. The summed E-state index contributed by atoms with van der Waals surface area (Å²) in [6.45, 7) is 1.67. The van der Waals surface area contributed by atoms with Gasteiger partial charge in [0.1, 0.15) is 6.04 Å². The number of carbonyl (C=O) groups excluding carboxylic acids is 3. The Balaban J connectivity index is 2.42. The molecule has 1 amide bonds. The number of aromatic nitrogens is 1. The number of halogens is 6. The van der Waals surface area contributed by atoms with Crippen LogP contribution >= 0.6 is 0 Å². The number of rotatable bonds is 7. The number of para-hydroxylation sites is 1. The van der Waals surface area contributed by atoms with Crippen LogP contribution in [0.3, 0.4) is 0 Å². The first kappa shape index (κ1) is 24.2. The second-order valence-corrected chi connectivity index (χ2v) is 6.59. The second kappa shape index (κ2) is 9.40. The minimum atomic E-state index is -5.29. The molecule has 1 N–H and O–H groups in total. The second-order valence-electron chi connectivity index (χ2n) is 6.59. The normalized spacial score (nSPS) is 13.1. The number of alkyl halides is 6. The van der Waals surface area contributed by atoms with E-state index in [9.17, 15) is 40.7 Å². The Morgan fingerprint density at radius 2 is 1.71 bits per heavy atom. The van der Waals surface area contributed by atoms with Gasteiger partial charge in [0.25, 0.3) is 0 Å². The van der Waals surface area contributed by atoms with Crippen LogP contribution in [0.5, 0.6) is 0 Å². The lowest BCUT2D eigenvalue weighted by Gasteiger charge is -2.18. The van der Waals surface area contributed by atoms with E-state index in [1.165, 1.54) is 29.6 Å². The molecule has 2 aromatic rings. The van der Waals surface area contributed by atoms with E-state index in [1.54, 1.807) is 6.92 Å². The Morgan fingerprint density at radius 3 is 2.29 bits per heavy atom. The fourth-order valence-electron chi connectivity index (χ4n) is 2.79. The lowest BCUT2D eigenvalue weighted by Crippen LogP contribution is -2.48. The maximum Gasteiger partial charge on any atom is 0.472 e. The third kappa shape index (κ3) is 5.98. The van der Waals surface area contributed by atoms with Gasteiger partial charge in [-0.15, -0.1) is 0 Å². The van der Waals surface area contributed by atoms with E-state index >= 15 is 0 Å². The van der Waals surface area contributed by atoms with E-state index in [1.807, 2.05) is 0 Å². The monoisotopic (exact) mass is 452 g/mol. The van der Waals surface area contributed by atoms with Crippen LogP contribution in [0.25, 0.3) is 10.9 Å². The largest absolute Gasteiger partial charge is 0.472 e. The van der Waals surface area contributed by atoms with Gasteiger partial charge in [-0.05, 0) is 18.1 Å². The topological polar surface area (TPSA) is 77.4 Å². The van der Waals surface area contributed by atoms with Crippen molar-refractivity contribution in [2.24, 2.45) is 0 Å². The zero-order valence-corrected chi connectivity index (χ0v) is 16.1. The van der Waals surface area contributed by atoms with E-state index in [-0.39, 0.29) is 23.1 Å². The molecule has 1 atom stereocenters. The molecule has 0 aliphatic rings. The summed E-state index contributed by atoms with van der Waals surface area (Å²) in [7, 11) is 0. The van der Waals surface area contributed by atoms with Crippen molar-refractivity contribution in [1.82, 2.24) is 9.88 Å². The first-order valence-corrected chi connectivity index (χ1v) is 9.11. The fourth-order valence-corrected chi connectivity index (χ4v) is 2.79. The molecule has 1 aromatic heterocycles. The lowest BCUT2D eigenvalue weighted by atomic mass is 10.0. The predicted molar refractivity (Wildman–Crippen MR) is 96.2 cm³/mol. The van der Waals surface area contributed by atoms with Gasteiger partial charge in [0.05, 0.1) is 12.1 Å². The number of esters is 1. The Kier molecular flexibility index (Phi) is 7.34. The van der Waals surface area contributed by atoms with Crippen LogP contribution in [-0.4, -0.2) is 47.4 Å². The summed E-state index contributed by atoms with van der Waals surface area (Å²) in [5.74, 6) is -5.79. The molecule has 1 aromatic carbocycles. The summed E-state index contributed by atoms with van der Waals surface area (Å²) in [4.78, 5) is 35.3. The van der Waals surface area contributed by atoms with Gasteiger partial charge in [-0.3, -0.25) is 14.2 Å². The van der Waals surface area contributed by atoms with Gasteiger partial charge < -0.3 is 10.1 Å². The van der Waals surface area contributed by atoms with Crippen molar-refractivity contribution in [3.05, 3.63) is 36.0 Å². The molecule has 12 heteroatoms. The van der Waals surface area contributed by atoms with Crippen LogP contribution in [-0.2, 0) is 20.7 Å². The van der Waals surface area contributed by atoms with Crippen LogP contribution in [0.2, 0.25) is 0 Å². The average Bonchev–Trinajstić information content (AvgIpc) is 3.04. The molecule has 0 aliphatic carbocycles. The van der Waals surface area contributed by atoms with Crippen LogP contribution in [0.15, 0.2) is 30.5 Å². The number of hydrogen-bond acceptors (Lipinski definition) is 4. The maximum absolute atomic E-state index is 12.9. The maximum atomic E-state index is 12.9. The van der Waals surface area contributed by atoms with Crippen LogP contribution in [0.1, 0.15) is 30.1 Å². The summed E-state index contributed by atoms with van der Waals surface area (Å²) in [6.07, 6.45) is -9.28. The van der Waals surface area contributed by atoms with Gasteiger partial charge in [-0.25, -0.2) is 4.79 Å². The van der Waals surface area contributed by atoms with Crippen LogP contribution in [0.4, 0.5) is 26.3 Å². The summed E-state index contributed by atoms with van der Waals surface area (Å²) in [5.41, 5.74) is -0.201. The Hall–Kier alpha value is -3.05. The van der Waals surface area contributed by atoms with E-state index in [4.69, 9.17) is 4.74 Å². The van der Waals surface area contributed by atoms with Gasteiger partial charge in [0, 0.05) is 18.0 Å². The standard InChI is InChI=1S/C19H18F6N2O4/c1-2-3-8-31-15(28)13(26-16(29)18(20,21)22)9-11-10-27(17(30)19(23,24)25)14-7-5-4-6-12(11)14/h4-7,10,13H,2-3,8-9H2,1H3,(H,26,29)/t13-/m0/s1. The molecule has 0 fully saturated rings. The minimum absolute atomic E-state index is 0.0480. The van der Waals surface area contributed by atoms with Crippen molar-refractivity contribution in [1.29, 1.82) is 0 Å². The molecule has 1 heterocycles. The Labute approximate surface area is 172 Å². The molecule has 0 spiro atoms. The molecule has 31 heavy (non-hydrogen) atoms. The van der Waals surface area contributed by atoms with E-state index in [0.717, 1.165) is 6.20 Å². The van der Waals surface area contributed by atoms with Gasteiger partial charge in [0.15, 0.2) is 0 Å². The van der Waals surface area contributed by atoms with Crippen molar-refractivity contribution < 1.29 is 45.5 Å². The first-order valence-electron chi connectivity index (χ1n) is 9.11. The number of unbranched alkanes of at least 4 members (excludes halogenated alkanes) is 1. The highest BCUT2D eigenvalue weighted by Crippen LogP contribution is 2.27. The summed E-state index contributed by atoms with van der Waals surface area (Å²) < 4.78 is 81.9. The number of fused-ring (bicyclic) bond motifs is 1. The van der Waals surface area contributed by atoms with E-state index in [0.29, 0.717) is 17.4 Å². The van der Waals surface area contributed by atoms with Crippen LogP contribution in [0, 0.1) is 0 Å². The molecule has 0 radical (unpaired) electrons. The highest BCUT2D eigenvalue weighted by molar-refractivity contribution is 5.97. The molecule has 0 bridgehead atoms. The fraction of sp³-hybridized carbons (Fsp3) is 0.421. The van der Waals surface area contributed by atoms with Crippen LogP contribution < -0.4 is 5.32 Å². The van der Waals surface area contributed by atoms with Crippen molar-refractivity contribution in [2.75, 3.05) is 6.61 Å². The van der Waals surface area contributed by atoms with Crippen molar-refractivity contribution in [2.45, 2.75) is 44.6 Å². The molecular formula is C19H18F6N2O4. The molecule has 6 nitrogen and oxygen atoms in total. The smallest absolute Gasteiger partial charge is 0.464 e.